The highest BCUT2D eigenvalue weighted by Gasteiger charge is 2.16. The lowest BCUT2D eigenvalue weighted by atomic mass is 10.1. The molecule has 128 valence electrons. The zero-order valence-electron chi connectivity index (χ0n) is 13.9. The molecule has 1 saturated carbocycles. The average Bonchev–Trinajstić information content (AvgIpc) is 3.18. The van der Waals surface area contributed by atoms with Crippen molar-refractivity contribution in [2.75, 3.05) is 19.7 Å². The molecule has 0 aromatic heterocycles. The van der Waals surface area contributed by atoms with Gasteiger partial charge in [-0.05, 0) is 43.4 Å². The van der Waals surface area contributed by atoms with Crippen LogP contribution >= 0.6 is 24.0 Å². The minimum Gasteiger partial charge on any atom is -0.493 e. The van der Waals surface area contributed by atoms with Crippen LogP contribution in [-0.2, 0) is 12.8 Å². The van der Waals surface area contributed by atoms with Gasteiger partial charge in [0, 0.05) is 25.6 Å². The van der Waals surface area contributed by atoms with Crippen LogP contribution in [0.4, 0.5) is 0 Å². The first-order valence-corrected chi connectivity index (χ1v) is 8.64. The Morgan fingerprint density at radius 1 is 1.30 bits per heavy atom. The van der Waals surface area contributed by atoms with Crippen molar-refractivity contribution in [3.8, 4) is 5.75 Å². The molecule has 1 aromatic carbocycles. The van der Waals surface area contributed by atoms with Crippen molar-refractivity contribution < 1.29 is 4.74 Å². The fourth-order valence-electron chi connectivity index (χ4n) is 3.28. The van der Waals surface area contributed by atoms with Gasteiger partial charge in [0.1, 0.15) is 5.75 Å². The minimum atomic E-state index is 0. The van der Waals surface area contributed by atoms with E-state index in [9.17, 15) is 0 Å². The molecule has 1 aliphatic carbocycles. The molecule has 1 heterocycles. The van der Waals surface area contributed by atoms with Crippen LogP contribution in [0, 0.1) is 0 Å². The van der Waals surface area contributed by atoms with Gasteiger partial charge in [-0.15, -0.1) is 24.0 Å². The highest BCUT2D eigenvalue weighted by atomic mass is 127. The first-order valence-electron chi connectivity index (χ1n) is 8.64. The van der Waals surface area contributed by atoms with E-state index < -0.39 is 0 Å². The summed E-state index contributed by atoms with van der Waals surface area (Å²) in [5.74, 6) is 2.03. The number of hydrogen-bond donors (Lipinski definition) is 2. The fraction of sp³-hybridized carbons (Fsp3) is 0.611. The van der Waals surface area contributed by atoms with E-state index >= 15 is 0 Å². The maximum atomic E-state index is 5.55. The van der Waals surface area contributed by atoms with Crippen molar-refractivity contribution in [2.24, 2.45) is 4.99 Å². The van der Waals surface area contributed by atoms with E-state index in [4.69, 9.17) is 9.73 Å². The minimum absolute atomic E-state index is 0. The number of ether oxygens (including phenoxy) is 1. The second kappa shape index (κ2) is 9.35. The van der Waals surface area contributed by atoms with E-state index in [-0.39, 0.29) is 24.0 Å². The van der Waals surface area contributed by atoms with E-state index in [1.165, 1.54) is 36.8 Å². The van der Waals surface area contributed by atoms with Crippen LogP contribution in [0.3, 0.4) is 0 Å². The molecule has 23 heavy (non-hydrogen) atoms. The monoisotopic (exact) mass is 429 g/mol. The number of nitrogens with one attached hydrogen (secondary N) is 2. The molecule has 0 unspecified atom stereocenters. The number of aliphatic imine (C=N–C) groups is 1. The average molecular weight is 429 g/mol. The van der Waals surface area contributed by atoms with Gasteiger partial charge in [0.15, 0.2) is 5.96 Å². The molecule has 3 rings (SSSR count). The van der Waals surface area contributed by atoms with Gasteiger partial charge in [0.2, 0.25) is 0 Å². The van der Waals surface area contributed by atoms with E-state index in [1.54, 1.807) is 0 Å². The Labute approximate surface area is 156 Å². The zero-order valence-corrected chi connectivity index (χ0v) is 16.3. The Balaban J connectivity index is 0.00000192. The molecule has 1 fully saturated rings. The number of rotatable bonds is 5. The van der Waals surface area contributed by atoms with Crippen molar-refractivity contribution >= 4 is 29.9 Å². The summed E-state index contributed by atoms with van der Waals surface area (Å²) in [6.45, 7) is 4.68. The van der Waals surface area contributed by atoms with E-state index in [1.807, 2.05) is 0 Å². The van der Waals surface area contributed by atoms with Gasteiger partial charge in [-0.1, -0.05) is 25.0 Å². The third kappa shape index (κ3) is 5.26. The molecule has 0 spiro atoms. The number of halogens is 1. The van der Waals surface area contributed by atoms with E-state index in [0.717, 1.165) is 44.2 Å². The maximum absolute atomic E-state index is 5.55. The lowest BCUT2D eigenvalue weighted by Crippen LogP contribution is -2.42. The Bertz CT molecular complexity index is 527. The van der Waals surface area contributed by atoms with Gasteiger partial charge in [-0.2, -0.15) is 0 Å². The predicted octanol–water partition coefficient (Wildman–Crippen LogP) is 3.28. The maximum Gasteiger partial charge on any atom is 0.191 e. The molecule has 0 saturated heterocycles. The topological polar surface area (TPSA) is 45.7 Å². The second-order valence-electron chi connectivity index (χ2n) is 6.18. The van der Waals surface area contributed by atoms with Crippen molar-refractivity contribution in [3.05, 3.63) is 29.3 Å². The van der Waals surface area contributed by atoms with Gasteiger partial charge in [0.25, 0.3) is 0 Å². The smallest absolute Gasteiger partial charge is 0.191 e. The molecular formula is C18H28IN3O. The highest BCUT2D eigenvalue weighted by molar-refractivity contribution is 14.0. The number of guanidine groups is 1. The summed E-state index contributed by atoms with van der Waals surface area (Å²) in [5, 5.41) is 6.92. The van der Waals surface area contributed by atoms with Crippen LogP contribution in [0.2, 0.25) is 0 Å². The van der Waals surface area contributed by atoms with Crippen molar-refractivity contribution in [2.45, 2.75) is 51.5 Å². The summed E-state index contributed by atoms with van der Waals surface area (Å²) < 4.78 is 5.55. The SMILES string of the molecule is CCNC(=NCCc1ccc2c(c1)CCO2)NC1CCCC1.I. The van der Waals surface area contributed by atoms with Crippen LogP contribution in [0.1, 0.15) is 43.7 Å². The summed E-state index contributed by atoms with van der Waals surface area (Å²) in [4.78, 5) is 4.73. The Kier molecular flexibility index (Phi) is 7.46. The zero-order chi connectivity index (χ0) is 15.2. The summed E-state index contributed by atoms with van der Waals surface area (Å²) >= 11 is 0. The van der Waals surface area contributed by atoms with Gasteiger partial charge >= 0.3 is 0 Å². The molecule has 0 amide bonds. The van der Waals surface area contributed by atoms with Crippen LogP contribution in [0.5, 0.6) is 5.75 Å². The van der Waals surface area contributed by atoms with E-state index in [0.29, 0.717) is 6.04 Å². The number of benzene rings is 1. The van der Waals surface area contributed by atoms with Crippen molar-refractivity contribution in [1.29, 1.82) is 0 Å². The predicted molar refractivity (Wildman–Crippen MR) is 106 cm³/mol. The Hall–Kier alpha value is -0.980. The number of nitrogens with zero attached hydrogens (tertiary/aromatic N) is 1. The second-order valence-corrected chi connectivity index (χ2v) is 6.18. The van der Waals surface area contributed by atoms with Crippen LogP contribution in [0.15, 0.2) is 23.2 Å². The molecule has 2 N–H and O–H groups in total. The first-order chi connectivity index (χ1) is 10.8. The van der Waals surface area contributed by atoms with Gasteiger partial charge in [-0.3, -0.25) is 4.99 Å². The molecule has 1 aliphatic heterocycles. The lowest BCUT2D eigenvalue weighted by Gasteiger charge is -2.16. The van der Waals surface area contributed by atoms with Crippen LogP contribution in [-0.4, -0.2) is 31.7 Å². The summed E-state index contributed by atoms with van der Waals surface area (Å²) in [6, 6.07) is 7.14. The molecule has 4 nitrogen and oxygen atoms in total. The molecule has 0 radical (unpaired) electrons. The van der Waals surface area contributed by atoms with Crippen molar-refractivity contribution in [1.82, 2.24) is 10.6 Å². The van der Waals surface area contributed by atoms with Crippen molar-refractivity contribution in [3.63, 3.8) is 0 Å². The third-order valence-electron chi connectivity index (χ3n) is 4.46. The van der Waals surface area contributed by atoms with Crippen LogP contribution < -0.4 is 15.4 Å². The molecule has 1 aromatic rings. The fourth-order valence-corrected chi connectivity index (χ4v) is 3.28. The molecule has 0 atom stereocenters. The standard InChI is InChI=1S/C18H27N3O.HI/c1-2-19-18(21-16-5-3-4-6-16)20-11-9-14-7-8-17-15(13-14)10-12-22-17;/h7-8,13,16H,2-6,9-12H2,1H3,(H2,19,20,21);1H. The largest absolute Gasteiger partial charge is 0.493 e. The summed E-state index contributed by atoms with van der Waals surface area (Å²) in [5.41, 5.74) is 2.70. The van der Waals surface area contributed by atoms with E-state index in [2.05, 4.69) is 35.8 Å². The van der Waals surface area contributed by atoms with Gasteiger partial charge < -0.3 is 15.4 Å². The van der Waals surface area contributed by atoms with Gasteiger partial charge in [0.05, 0.1) is 6.61 Å². The normalized spacial score (nSPS) is 17.3. The Morgan fingerprint density at radius 2 is 2.13 bits per heavy atom. The highest BCUT2D eigenvalue weighted by Crippen LogP contribution is 2.26. The summed E-state index contributed by atoms with van der Waals surface area (Å²) in [7, 11) is 0. The lowest BCUT2D eigenvalue weighted by molar-refractivity contribution is 0.357. The molecule has 0 bridgehead atoms. The van der Waals surface area contributed by atoms with Gasteiger partial charge in [-0.25, -0.2) is 0 Å². The Morgan fingerprint density at radius 3 is 2.91 bits per heavy atom. The quantitative estimate of drug-likeness (QED) is 0.429. The summed E-state index contributed by atoms with van der Waals surface area (Å²) in [6.07, 6.45) is 7.25. The third-order valence-corrected chi connectivity index (χ3v) is 4.46. The molecule has 2 aliphatic rings. The van der Waals surface area contributed by atoms with Crippen LogP contribution in [0.25, 0.3) is 0 Å². The molecular weight excluding hydrogens is 401 g/mol. The number of fused-ring (bicyclic) bond motifs is 1. The first kappa shape index (κ1) is 18.4. The number of hydrogen-bond acceptors (Lipinski definition) is 2. The molecule has 5 heteroatoms.